The van der Waals surface area contributed by atoms with E-state index in [1.54, 1.807) is 19.9 Å². The summed E-state index contributed by atoms with van der Waals surface area (Å²) in [7, 11) is -5.32. The fourth-order valence-corrected chi connectivity index (χ4v) is 2.35. The summed E-state index contributed by atoms with van der Waals surface area (Å²) in [6.45, 7) is 4.00. The van der Waals surface area contributed by atoms with Gasteiger partial charge in [0, 0.05) is 19.2 Å². The molecule has 0 aliphatic carbocycles. The molecule has 27 heavy (non-hydrogen) atoms. The van der Waals surface area contributed by atoms with Gasteiger partial charge in [0.1, 0.15) is 11.6 Å². The van der Waals surface area contributed by atoms with Crippen molar-refractivity contribution in [2.24, 2.45) is 0 Å². The van der Waals surface area contributed by atoms with E-state index in [1.165, 1.54) is 4.90 Å². The summed E-state index contributed by atoms with van der Waals surface area (Å²) in [4.78, 5) is 23.5. The van der Waals surface area contributed by atoms with Gasteiger partial charge < -0.3 is 18.7 Å². The normalized spacial score (nSPS) is 11.1. The van der Waals surface area contributed by atoms with E-state index in [4.69, 9.17) is 5.26 Å². The number of nitrogens with zero attached hydrogens (tertiary/aromatic N) is 3. The molecular weight excluding hydrogens is 393 g/mol. The summed E-state index contributed by atoms with van der Waals surface area (Å²) in [5.74, 6) is -2.82. The third-order valence-electron chi connectivity index (χ3n) is 3.18. The Balaban J connectivity index is 0.00000676. The van der Waals surface area contributed by atoms with Crippen molar-refractivity contribution < 1.29 is 61.5 Å². The van der Waals surface area contributed by atoms with Gasteiger partial charge in [0.25, 0.3) is 16.3 Å². The maximum atomic E-state index is 12.2. The Morgan fingerprint density at radius 1 is 1.41 bits per heavy atom. The van der Waals surface area contributed by atoms with Crippen LogP contribution in [0.3, 0.4) is 0 Å². The van der Waals surface area contributed by atoms with E-state index in [0.717, 1.165) is 18.2 Å². The van der Waals surface area contributed by atoms with Gasteiger partial charge >= 0.3 is 35.2 Å². The smallest absolute Gasteiger partial charge is 0.716 e. The van der Waals surface area contributed by atoms with Crippen molar-refractivity contribution in [3.8, 4) is 17.6 Å². The van der Waals surface area contributed by atoms with Gasteiger partial charge in [-0.3, -0.25) is 14.9 Å². The second kappa shape index (κ2) is 10.2. The Morgan fingerprint density at radius 3 is 2.37 bits per heavy atom. The summed E-state index contributed by atoms with van der Waals surface area (Å²) < 4.78 is 36.1. The van der Waals surface area contributed by atoms with Crippen molar-refractivity contribution in [3.63, 3.8) is 0 Å². The first kappa shape index (κ1) is 24.8. The molecule has 1 aromatic carbocycles. The summed E-state index contributed by atoms with van der Waals surface area (Å²) in [6.07, 6.45) is 0.956. The number of carbonyl (C=O) groups is 1. The zero-order chi connectivity index (χ0) is 20.1. The molecule has 0 bridgehead atoms. The first-order valence-electron chi connectivity index (χ1n) is 7.11. The van der Waals surface area contributed by atoms with Crippen LogP contribution in [0.1, 0.15) is 19.4 Å². The molecule has 1 aromatic rings. The van der Waals surface area contributed by atoms with E-state index in [1.807, 2.05) is 0 Å². The van der Waals surface area contributed by atoms with E-state index >= 15 is 0 Å². The maximum absolute atomic E-state index is 12.2. The van der Waals surface area contributed by atoms with Gasteiger partial charge in [0.15, 0.2) is 5.75 Å². The third kappa shape index (κ3) is 6.81. The molecule has 0 unspecified atom stereocenters. The number of hydrogen-bond acceptors (Lipinski definition) is 9. The molecule has 0 radical (unpaired) electrons. The molecular formula is C14H14N3NaO8S. The van der Waals surface area contributed by atoms with Crippen LogP contribution in [0.4, 0.5) is 5.69 Å². The summed E-state index contributed by atoms with van der Waals surface area (Å²) in [5.41, 5.74) is -1.54. The number of amides is 1. The van der Waals surface area contributed by atoms with Gasteiger partial charge in [-0.2, -0.15) is 5.26 Å². The minimum Gasteiger partial charge on any atom is -0.716 e. The Bertz CT molecular complexity index is 904. The van der Waals surface area contributed by atoms with Crippen LogP contribution in [0.25, 0.3) is 6.08 Å². The molecule has 0 saturated carbocycles. The molecule has 0 heterocycles. The zero-order valence-electron chi connectivity index (χ0n) is 14.7. The second-order valence-corrected chi connectivity index (χ2v) is 5.77. The number of nitriles is 1. The number of likely N-dealkylation sites (N-methyl/N-ethyl adjacent to an activating group) is 1. The molecule has 140 valence electrons. The van der Waals surface area contributed by atoms with Gasteiger partial charge in [-0.15, -0.1) is 0 Å². The fraction of sp³-hybridized carbons (Fsp3) is 0.286. The van der Waals surface area contributed by atoms with Crippen molar-refractivity contribution >= 4 is 28.1 Å². The molecule has 13 heteroatoms. The number of nitro benzene ring substituents is 1. The van der Waals surface area contributed by atoms with Gasteiger partial charge in [-0.25, -0.2) is 8.42 Å². The van der Waals surface area contributed by atoms with Crippen LogP contribution in [0.15, 0.2) is 17.7 Å². The molecule has 0 spiro atoms. The average Bonchev–Trinajstić information content (AvgIpc) is 2.54. The quantitative estimate of drug-likeness (QED) is 0.101. The summed E-state index contributed by atoms with van der Waals surface area (Å²) in [6, 6.07) is 3.23. The van der Waals surface area contributed by atoms with Crippen LogP contribution in [-0.4, -0.2) is 46.9 Å². The van der Waals surface area contributed by atoms with Crippen molar-refractivity contribution in [1.29, 1.82) is 5.26 Å². The topological polar surface area (TPSA) is 174 Å². The number of phenols is 1. The van der Waals surface area contributed by atoms with Gasteiger partial charge in [0.05, 0.1) is 4.92 Å². The molecule has 0 aliphatic rings. The van der Waals surface area contributed by atoms with E-state index in [9.17, 15) is 33.0 Å². The minimum atomic E-state index is -5.32. The van der Waals surface area contributed by atoms with Crippen molar-refractivity contribution in [1.82, 2.24) is 4.90 Å². The molecule has 11 nitrogen and oxygen atoms in total. The predicted molar refractivity (Wildman–Crippen MR) is 86.6 cm³/mol. The van der Waals surface area contributed by atoms with Crippen LogP contribution < -0.4 is 33.7 Å². The number of benzene rings is 1. The van der Waals surface area contributed by atoms with Gasteiger partial charge in [-0.1, -0.05) is 0 Å². The number of rotatable bonds is 7. The first-order chi connectivity index (χ1) is 12.0. The molecule has 0 aromatic heterocycles. The molecule has 0 aliphatic heterocycles. The van der Waals surface area contributed by atoms with Gasteiger partial charge in [0.2, 0.25) is 5.75 Å². The average molecular weight is 407 g/mol. The number of nitro groups is 1. The number of carbonyl (C=O) groups excluding carboxylic acids is 1. The Hall–Kier alpha value is -2.17. The zero-order valence-corrected chi connectivity index (χ0v) is 17.5. The Labute approximate surface area is 177 Å². The van der Waals surface area contributed by atoms with Crippen molar-refractivity contribution in [2.75, 3.05) is 13.1 Å². The van der Waals surface area contributed by atoms with E-state index in [0.29, 0.717) is 13.1 Å². The summed E-state index contributed by atoms with van der Waals surface area (Å²) in [5, 5.41) is 29.8. The standard InChI is InChI=1S/C14H15N3O8S.Na/c1-3-16(4-2)14(19)10(8-15)5-9-6-11(17(20)21)13(18)12(7-9)25-26(22,23)24;/h5-7,18H,3-4H2,1-2H3,(H,22,23,24);/q;+1/p-1/b10-5-;. The van der Waals surface area contributed by atoms with Crippen molar-refractivity contribution in [3.05, 3.63) is 33.4 Å². The Morgan fingerprint density at radius 2 is 1.96 bits per heavy atom. The van der Waals surface area contributed by atoms with Gasteiger partial charge in [-0.05, 0) is 31.6 Å². The third-order valence-corrected chi connectivity index (χ3v) is 3.56. The molecule has 0 fully saturated rings. The molecule has 1 amide bonds. The van der Waals surface area contributed by atoms with E-state index in [-0.39, 0.29) is 40.7 Å². The minimum absolute atomic E-state index is 0. The largest absolute Gasteiger partial charge is 1.00 e. The number of phenolic OH excluding ortho intramolecular Hbond substituents is 1. The fourth-order valence-electron chi connectivity index (χ4n) is 2.00. The number of aromatic hydroxyl groups is 1. The van der Waals surface area contributed by atoms with Crippen LogP contribution in [0, 0.1) is 21.4 Å². The molecule has 0 saturated heterocycles. The molecule has 1 rings (SSSR count). The van der Waals surface area contributed by atoms with Crippen LogP contribution >= 0.6 is 0 Å². The molecule has 1 N–H and O–H groups in total. The Kier molecular flexibility index (Phi) is 9.42. The van der Waals surface area contributed by atoms with Crippen LogP contribution in [0.5, 0.6) is 11.5 Å². The van der Waals surface area contributed by atoms with Crippen LogP contribution in [-0.2, 0) is 15.2 Å². The SMILES string of the molecule is CCN(CC)C(=O)/C(C#N)=C\c1cc(OS(=O)(=O)[O-])c(O)c([N+](=O)[O-])c1.[Na+]. The number of hydrogen-bond donors (Lipinski definition) is 1. The summed E-state index contributed by atoms with van der Waals surface area (Å²) >= 11 is 0. The maximum Gasteiger partial charge on any atom is 1.00 e. The van der Waals surface area contributed by atoms with Crippen molar-refractivity contribution in [2.45, 2.75) is 13.8 Å². The second-order valence-electron chi connectivity index (χ2n) is 4.78. The van der Waals surface area contributed by atoms with E-state index < -0.39 is 38.4 Å². The predicted octanol–water partition coefficient (Wildman–Crippen LogP) is -2.08. The van der Waals surface area contributed by atoms with Crippen LogP contribution in [0.2, 0.25) is 0 Å². The molecule has 0 atom stereocenters. The monoisotopic (exact) mass is 407 g/mol. The first-order valence-corrected chi connectivity index (χ1v) is 8.45. The van der Waals surface area contributed by atoms with E-state index in [2.05, 4.69) is 4.18 Å².